The van der Waals surface area contributed by atoms with Crippen molar-refractivity contribution in [2.75, 3.05) is 0 Å². The van der Waals surface area contributed by atoms with Crippen LogP contribution in [0, 0.1) is 11.3 Å². The first kappa shape index (κ1) is 21.3. The number of thiazole rings is 1. The van der Waals surface area contributed by atoms with Crippen molar-refractivity contribution in [2.24, 2.45) is 0 Å². The summed E-state index contributed by atoms with van der Waals surface area (Å²) in [5.41, 5.74) is 2.57. The first-order chi connectivity index (χ1) is 13.6. The number of benzene rings is 2. The molecule has 0 amide bonds. The molecule has 0 saturated carbocycles. The van der Waals surface area contributed by atoms with Crippen LogP contribution in [0.15, 0.2) is 63.7 Å². The van der Waals surface area contributed by atoms with Crippen molar-refractivity contribution in [1.82, 2.24) is 4.98 Å². The fraction of sp³-hybridized carbons (Fsp3) is 0.182. The topological polar surface area (TPSA) is 70.8 Å². The fourth-order valence-corrected chi connectivity index (χ4v) is 5.07. The van der Waals surface area contributed by atoms with Gasteiger partial charge in [-0.1, -0.05) is 62.7 Å². The molecular formula is C22H19ClN2O2S2. The average molecular weight is 443 g/mol. The lowest BCUT2D eigenvalue weighted by Crippen LogP contribution is -2.11. The zero-order valence-corrected chi connectivity index (χ0v) is 18.6. The Morgan fingerprint density at radius 3 is 2.41 bits per heavy atom. The van der Waals surface area contributed by atoms with Crippen LogP contribution in [-0.2, 0) is 15.3 Å². The molecule has 0 unspecified atom stereocenters. The third-order valence-electron chi connectivity index (χ3n) is 4.23. The summed E-state index contributed by atoms with van der Waals surface area (Å²) < 4.78 is 25.5. The van der Waals surface area contributed by atoms with Gasteiger partial charge in [-0.15, -0.1) is 11.3 Å². The number of rotatable bonds is 4. The maximum atomic E-state index is 12.7. The molecule has 3 aromatic rings. The highest BCUT2D eigenvalue weighted by atomic mass is 35.5. The molecule has 0 fully saturated rings. The number of hydrogen-bond donors (Lipinski definition) is 0. The van der Waals surface area contributed by atoms with Crippen LogP contribution in [0.5, 0.6) is 0 Å². The first-order valence-electron chi connectivity index (χ1n) is 8.80. The van der Waals surface area contributed by atoms with Gasteiger partial charge in [-0.25, -0.2) is 13.4 Å². The van der Waals surface area contributed by atoms with E-state index in [9.17, 15) is 13.7 Å². The Labute approximate surface area is 180 Å². The number of hydrogen-bond acceptors (Lipinski definition) is 5. The van der Waals surface area contributed by atoms with Gasteiger partial charge >= 0.3 is 0 Å². The average Bonchev–Trinajstić information content (AvgIpc) is 3.17. The van der Waals surface area contributed by atoms with Gasteiger partial charge in [0.25, 0.3) is 0 Å². The smallest absolute Gasteiger partial charge is 0.216 e. The molecule has 148 valence electrons. The summed E-state index contributed by atoms with van der Waals surface area (Å²) in [7, 11) is -3.94. The monoisotopic (exact) mass is 442 g/mol. The summed E-state index contributed by atoms with van der Waals surface area (Å²) in [5.74, 6) is 0. The van der Waals surface area contributed by atoms with Gasteiger partial charge < -0.3 is 0 Å². The van der Waals surface area contributed by atoms with Crippen molar-refractivity contribution in [2.45, 2.75) is 31.1 Å². The van der Waals surface area contributed by atoms with Crippen molar-refractivity contribution < 1.29 is 8.42 Å². The van der Waals surface area contributed by atoms with Gasteiger partial charge in [0.2, 0.25) is 9.84 Å². The minimum absolute atomic E-state index is 0.00749. The maximum Gasteiger partial charge on any atom is 0.216 e. The molecule has 4 nitrogen and oxygen atoms in total. The van der Waals surface area contributed by atoms with Crippen molar-refractivity contribution in [3.8, 4) is 16.6 Å². The van der Waals surface area contributed by atoms with E-state index >= 15 is 0 Å². The van der Waals surface area contributed by atoms with Crippen LogP contribution in [-0.4, -0.2) is 13.4 Å². The summed E-state index contributed by atoms with van der Waals surface area (Å²) in [5, 5.41) is 12.7. The highest BCUT2D eigenvalue weighted by Gasteiger charge is 2.21. The normalized spacial score (nSPS) is 12.6. The van der Waals surface area contributed by atoms with Crippen LogP contribution in [0.2, 0.25) is 5.02 Å². The molecule has 3 rings (SSSR count). The van der Waals surface area contributed by atoms with Gasteiger partial charge in [0.15, 0.2) is 0 Å². The summed E-state index contributed by atoms with van der Waals surface area (Å²) in [6.45, 7) is 6.34. The molecule has 29 heavy (non-hydrogen) atoms. The Hall–Kier alpha value is -2.46. The zero-order chi connectivity index (χ0) is 21.2. The molecule has 2 aromatic carbocycles. The highest BCUT2D eigenvalue weighted by Crippen LogP contribution is 2.30. The van der Waals surface area contributed by atoms with E-state index in [-0.39, 0.29) is 15.2 Å². The van der Waals surface area contributed by atoms with E-state index in [2.05, 4.69) is 31.1 Å². The third kappa shape index (κ3) is 4.76. The number of nitriles is 1. The molecule has 0 saturated heterocycles. The van der Waals surface area contributed by atoms with Crippen molar-refractivity contribution >= 4 is 38.9 Å². The molecule has 1 aromatic heterocycles. The molecule has 1 heterocycles. The second-order valence-electron chi connectivity index (χ2n) is 7.49. The van der Waals surface area contributed by atoms with Crippen molar-refractivity contribution in [3.63, 3.8) is 0 Å². The minimum atomic E-state index is -3.94. The van der Waals surface area contributed by atoms with E-state index in [0.29, 0.717) is 10.6 Å². The molecule has 0 aliphatic rings. The predicted octanol–water partition coefficient (Wildman–Crippen LogP) is 6.10. The lowest BCUT2D eigenvalue weighted by molar-refractivity contribution is 0.573. The fourth-order valence-electron chi connectivity index (χ4n) is 2.56. The summed E-state index contributed by atoms with van der Waals surface area (Å²) in [4.78, 5) is 4.34. The SMILES string of the molecule is CC(C)(C)c1csc(-c2ccc(C=C(C#N)S(=O)(=O)c3cccc(Cl)c3)cc2)n1. The number of halogens is 1. The van der Waals surface area contributed by atoms with Gasteiger partial charge in [-0.05, 0) is 29.8 Å². The predicted molar refractivity (Wildman–Crippen MR) is 118 cm³/mol. The zero-order valence-electron chi connectivity index (χ0n) is 16.2. The first-order valence-corrected chi connectivity index (χ1v) is 11.5. The number of aromatic nitrogens is 1. The van der Waals surface area contributed by atoms with Gasteiger partial charge in [0.05, 0.1) is 10.6 Å². The lowest BCUT2D eigenvalue weighted by Gasteiger charge is -2.14. The van der Waals surface area contributed by atoms with Gasteiger partial charge in [-0.2, -0.15) is 5.26 Å². The van der Waals surface area contributed by atoms with Gasteiger partial charge in [0, 0.05) is 21.4 Å². The summed E-state index contributed by atoms with van der Waals surface area (Å²) in [6.07, 6.45) is 1.36. The van der Waals surface area contributed by atoms with Crippen LogP contribution in [0.25, 0.3) is 16.6 Å². The minimum Gasteiger partial charge on any atom is -0.241 e. The molecule has 0 radical (unpaired) electrons. The van der Waals surface area contributed by atoms with E-state index in [4.69, 9.17) is 11.6 Å². The molecular weight excluding hydrogens is 424 g/mol. The summed E-state index contributed by atoms with van der Waals surface area (Å²) in [6, 6.07) is 15.0. The Morgan fingerprint density at radius 1 is 1.17 bits per heavy atom. The highest BCUT2D eigenvalue weighted by molar-refractivity contribution is 7.95. The standard InChI is InChI=1S/C22H19ClN2O2S2/c1-22(2,3)20-14-28-21(25-20)16-9-7-15(8-10-16)11-19(13-24)29(26,27)18-6-4-5-17(23)12-18/h4-12,14H,1-3H3. The molecule has 0 N–H and O–H groups in total. The molecule has 0 bridgehead atoms. The Morgan fingerprint density at radius 2 is 1.86 bits per heavy atom. The molecule has 0 atom stereocenters. The van der Waals surface area contributed by atoms with Crippen molar-refractivity contribution in [3.05, 3.63) is 75.1 Å². The molecule has 0 spiro atoms. The second-order valence-corrected chi connectivity index (χ2v) is 10.7. The van der Waals surface area contributed by atoms with Gasteiger partial charge in [0.1, 0.15) is 16.0 Å². The molecule has 0 aliphatic carbocycles. The van der Waals surface area contributed by atoms with Crippen LogP contribution >= 0.6 is 22.9 Å². The van der Waals surface area contributed by atoms with E-state index in [0.717, 1.165) is 16.3 Å². The van der Waals surface area contributed by atoms with Crippen LogP contribution in [0.4, 0.5) is 0 Å². The van der Waals surface area contributed by atoms with E-state index < -0.39 is 9.84 Å². The van der Waals surface area contributed by atoms with E-state index in [1.807, 2.05) is 12.1 Å². The Balaban J connectivity index is 1.92. The van der Waals surface area contributed by atoms with Crippen LogP contribution in [0.1, 0.15) is 32.0 Å². The lowest BCUT2D eigenvalue weighted by atomic mass is 9.93. The van der Waals surface area contributed by atoms with E-state index in [1.165, 1.54) is 18.2 Å². The second kappa shape index (κ2) is 8.11. The quantitative estimate of drug-likeness (QED) is 0.457. The Bertz CT molecular complexity index is 1210. The van der Waals surface area contributed by atoms with Crippen LogP contribution in [0.3, 0.4) is 0 Å². The Kier molecular flexibility index (Phi) is 5.95. The molecule has 0 aliphatic heterocycles. The number of sulfone groups is 1. The van der Waals surface area contributed by atoms with Gasteiger partial charge in [-0.3, -0.25) is 0 Å². The number of nitrogens with zero attached hydrogens (tertiary/aromatic N) is 2. The summed E-state index contributed by atoms with van der Waals surface area (Å²) >= 11 is 7.46. The van der Waals surface area contributed by atoms with Crippen molar-refractivity contribution in [1.29, 1.82) is 5.26 Å². The maximum absolute atomic E-state index is 12.7. The molecule has 7 heteroatoms. The van der Waals surface area contributed by atoms with E-state index in [1.54, 1.807) is 41.7 Å². The largest absolute Gasteiger partial charge is 0.241 e. The number of allylic oxidation sites excluding steroid dienone is 1. The van der Waals surface area contributed by atoms with Crippen LogP contribution < -0.4 is 0 Å². The third-order valence-corrected chi connectivity index (χ3v) is 7.02.